The van der Waals surface area contributed by atoms with Gasteiger partial charge in [-0.15, -0.1) is 0 Å². The van der Waals surface area contributed by atoms with Crippen molar-refractivity contribution >= 4 is 46.5 Å². The van der Waals surface area contributed by atoms with Gasteiger partial charge in [0, 0.05) is 37.2 Å². The number of carbonyl (C=O) groups excluding carboxylic acids is 3. The zero-order chi connectivity index (χ0) is 33.9. The Bertz CT molecular complexity index is 1750. The number of imidazole rings is 1. The lowest BCUT2D eigenvalue weighted by Crippen LogP contribution is -2.52. The van der Waals surface area contributed by atoms with Gasteiger partial charge in [-0.1, -0.05) is 55.8 Å². The van der Waals surface area contributed by atoms with Crippen LogP contribution in [0, 0.1) is 5.41 Å². The van der Waals surface area contributed by atoms with Crippen molar-refractivity contribution < 1.29 is 24.3 Å². The molecule has 0 aliphatic carbocycles. The Morgan fingerprint density at radius 3 is 2.40 bits per heavy atom. The number of nitrogens with one attached hydrogen (secondary N) is 5. The zero-order valence-electron chi connectivity index (χ0n) is 26.0. The van der Waals surface area contributed by atoms with Crippen LogP contribution in [0.1, 0.15) is 47.8 Å². The van der Waals surface area contributed by atoms with Gasteiger partial charge in [-0.2, -0.15) is 0 Å². The Kier molecular flexibility index (Phi) is 11.5. The molecule has 1 atom stereocenters. The molecule has 4 aromatic rings. The van der Waals surface area contributed by atoms with Gasteiger partial charge < -0.3 is 42.4 Å². The number of carbonyl (C=O) groups is 4. The summed E-state index contributed by atoms with van der Waals surface area (Å²) in [6.45, 7) is 1.65. The van der Waals surface area contributed by atoms with Gasteiger partial charge >= 0.3 is 18.0 Å². The fourth-order valence-corrected chi connectivity index (χ4v) is 4.98. The maximum atomic E-state index is 14.1. The summed E-state index contributed by atoms with van der Waals surface area (Å²) in [4.78, 5) is 59.4. The van der Waals surface area contributed by atoms with Gasteiger partial charge in [0.05, 0.1) is 11.0 Å². The van der Waals surface area contributed by atoms with Crippen molar-refractivity contribution in [3.63, 3.8) is 0 Å². The highest BCUT2D eigenvalue weighted by molar-refractivity contribution is 5.96. The number of amides is 5. The number of nitrogen functional groups attached to an aromatic ring is 1. The van der Waals surface area contributed by atoms with E-state index in [-0.39, 0.29) is 25.3 Å². The molecule has 4 rings (SSSR count). The third-order valence-electron chi connectivity index (χ3n) is 7.41. The molecule has 0 aliphatic rings. The molecular formula is C33H39N9O5. The van der Waals surface area contributed by atoms with Crippen molar-refractivity contribution in [1.29, 1.82) is 5.41 Å². The molecule has 1 aromatic heterocycles. The number of hydrogen-bond acceptors (Lipinski definition) is 6. The van der Waals surface area contributed by atoms with Crippen molar-refractivity contribution in [3.05, 3.63) is 94.8 Å². The van der Waals surface area contributed by atoms with E-state index in [0.29, 0.717) is 22.4 Å². The average Bonchev–Trinajstić information content (AvgIpc) is 3.46. The van der Waals surface area contributed by atoms with E-state index in [1.807, 2.05) is 0 Å². The summed E-state index contributed by atoms with van der Waals surface area (Å²) in [6.07, 6.45) is 2.82. The number of urea groups is 2. The molecule has 14 nitrogen and oxygen atoms in total. The summed E-state index contributed by atoms with van der Waals surface area (Å²) in [5, 5.41) is 24.9. The topological polar surface area (TPSA) is 232 Å². The molecule has 0 bridgehead atoms. The number of carboxylic acid groups (broad SMARTS) is 1. The normalized spacial score (nSPS) is 11.4. The molecule has 10 N–H and O–H groups in total. The zero-order valence-corrected chi connectivity index (χ0v) is 26.0. The van der Waals surface area contributed by atoms with Crippen LogP contribution in [-0.2, 0) is 35.5 Å². The highest BCUT2D eigenvalue weighted by Crippen LogP contribution is 2.21. The first-order valence-electron chi connectivity index (χ1n) is 15.1. The number of unbranched alkanes of at least 4 members (excludes halogenated alkanes) is 1. The molecule has 0 saturated heterocycles. The van der Waals surface area contributed by atoms with E-state index >= 15 is 0 Å². The lowest BCUT2D eigenvalue weighted by atomic mass is 10.0. The number of rotatable bonds is 15. The summed E-state index contributed by atoms with van der Waals surface area (Å²) in [6, 6.07) is 16.6. The number of nitrogens with two attached hydrogens (primary N) is 2. The minimum atomic E-state index is -1.24. The van der Waals surface area contributed by atoms with Gasteiger partial charge in [-0.05, 0) is 47.4 Å². The lowest BCUT2D eigenvalue weighted by molar-refractivity contribution is -0.138. The first-order valence-corrected chi connectivity index (χ1v) is 15.1. The predicted octanol–water partition coefficient (Wildman–Crippen LogP) is 3.20. The van der Waals surface area contributed by atoms with Crippen LogP contribution in [0.4, 0.5) is 15.3 Å². The molecule has 1 heterocycles. The third kappa shape index (κ3) is 9.78. The van der Waals surface area contributed by atoms with Crippen molar-refractivity contribution in [1.82, 2.24) is 25.5 Å². The van der Waals surface area contributed by atoms with E-state index in [0.717, 1.165) is 41.7 Å². The molecule has 5 amide bonds. The Morgan fingerprint density at radius 2 is 1.72 bits per heavy atom. The first kappa shape index (κ1) is 34.0. The monoisotopic (exact) mass is 641 g/mol. The van der Waals surface area contributed by atoms with Crippen LogP contribution >= 0.6 is 0 Å². The average molecular weight is 642 g/mol. The number of aromatic nitrogens is 2. The molecule has 0 unspecified atom stereocenters. The van der Waals surface area contributed by atoms with E-state index in [1.54, 1.807) is 66.7 Å². The molecule has 14 heteroatoms. The van der Waals surface area contributed by atoms with E-state index in [4.69, 9.17) is 16.9 Å². The number of carboxylic acids is 1. The summed E-state index contributed by atoms with van der Waals surface area (Å²) >= 11 is 0. The van der Waals surface area contributed by atoms with Crippen LogP contribution in [0.5, 0.6) is 0 Å². The minimum absolute atomic E-state index is 0.000972. The Hall–Kier alpha value is -5.92. The first-order chi connectivity index (χ1) is 22.5. The molecular weight excluding hydrogens is 602 g/mol. The van der Waals surface area contributed by atoms with Crippen LogP contribution in [0.3, 0.4) is 0 Å². The maximum Gasteiger partial charge on any atom is 0.322 e. The molecule has 0 radical (unpaired) electrons. The van der Waals surface area contributed by atoms with Crippen molar-refractivity contribution in [3.8, 4) is 0 Å². The largest absolute Gasteiger partial charge is 0.480 e. The fourth-order valence-electron chi connectivity index (χ4n) is 4.98. The standard InChI is InChI=1S/C33H39N9O5/c1-2-3-7-28-40-25-13-12-24(16-26(25)41-28)39-33(47)42(19-21-10-8-20(9-11-21)17-38-32(36)46)27(31(45)37-18-29(43)44)15-22-5-4-6-23(14-22)30(34)35/h4-6,8-14,16,27H,2-3,7,15,17-19H2,1H3,(H3,34,35)(H,37,45)(H,39,47)(H,40,41)(H,43,44)(H3,36,38,46)/t27-/m1/s1. The summed E-state index contributed by atoms with van der Waals surface area (Å²) in [5.74, 6) is -1.23. The molecule has 0 aliphatic heterocycles. The van der Waals surface area contributed by atoms with Crippen molar-refractivity contribution in [2.24, 2.45) is 11.5 Å². The number of aryl methyl sites for hydroxylation is 1. The van der Waals surface area contributed by atoms with E-state index in [9.17, 15) is 24.3 Å². The molecule has 0 fully saturated rings. The Labute approximate surface area is 271 Å². The number of aromatic amines is 1. The molecule has 0 saturated carbocycles. The second kappa shape index (κ2) is 15.9. The maximum absolute atomic E-state index is 14.1. The van der Waals surface area contributed by atoms with Crippen LogP contribution in [-0.4, -0.2) is 62.3 Å². The number of H-pyrrole nitrogens is 1. The second-order valence-electron chi connectivity index (χ2n) is 11.1. The van der Waals surface area contributed by atoms with Crippen LogP contribution in [0.2, 0.25) is 0 Å². The third-order valence-corrected chi connectivity index (χ3v) is 7.41. The van der Waals surface area contributed by atoms with Crippen molar-refractivity contribution in [2.75, 3.05) is 11.9 Å². The highest BCUT2D eigenvalue weighted by Gasteiger charge is 2.31. The summed E-state index contributed by atoms with van der Waals surface area (Å²) < 4.78 is 0. The van der Waals surface area contributed by atoms with Gasteiger partial charge in [0.25, 0.3) is 0 Å². The number of aliphatic carboxylic acids is 1. The number of fused-ring (bicyclic) bond motifs is 1. The fraction of sp³-hybridized carbons (Fsp3) is 0.273. The van der Waals surface area contributed by atoms with Gasteiger partial charge in [-0.3, -0.25) is 15.0 Å². The number of anilines is 1. The second-order valence-corrected chi connectivity index (χ2v) is 11.1. The Balaban J connectivity index is 1.68. The number of amidine groups is 1. The molecule has 246 valence electrons. The highest BCUT2D eigenvalue weighted by atomic mass is 16.4. The number of benzene rings is 3. The Morgan fingerprint density at radius 1 is 0.979 bits per heavy atom. The van der Waals surface area contributed by atoms with Crippen LogP contribution in [0.15, 0.2) is 66.7 Å². The van der Waals surface area contributed by atoms with Crippen LogP contribution < -0.4 is 27.4 Å². The predicted molar refractivity (Wildman–Crippen MR) is 178 cm³/mol. The van der Waals surface area contributed by atoms with E-state index in [1.165, 1.54) is 4.90 Å². The number of nitrogens with zero attached hydrogens (tertiary/aromatic N) is 2. The minimum Gasteiger partial charge on any atom is -0.480 e. The van der Waals surface area contributed by atoms with E-state index < -0.39 is 36.5 Å². The van der Waals surface area contributed by atoms with Crippen LogP contribution in [0.25, 0.3) is 11.0 Å². The molecule has 47 heavy (non-hydrogen) atoms. The lowest BCUT2D eigenvalue weighted by Gasteiger charge is -2.31. The van der Waals surface area contributed by atoms with Gasteiger partial charge in [0.15, 0.2) is 0 Å². The molecule has 0 spiro atoms. The van der Waals surface area contributed by atoms with Gasteiger partial charge in [-0.25, -0.2) is 14.6 Å². The summed E-state index contributed by atoms with van der Waals surface area (Å²) in [7, 11) is 0. The summed E-state index contributed by atoms with van der Waals surface area (Å²) in [5.41, 5.74) is 15.3. The quantitative estimate of drug-likeness (QED) is 0.0712. The number of hydrogen-bond donors (Lipinski definition) is 8. The van der Waals surface area contributed by atoms with Crippen molar-refractivity contribution in [2.45, 2.75) is 51.7 Å². The van der Waals surface area contributed by atoms with E-state index in [2.05, 4.69) is 32.8 Å². The van der Waals surface area contributed by atoms with Gasteiger partial charge in [0.1, 0.15) is 24.2 Å². The SMILES string of the molecule is CCCCc1nc2ccc(NC(=O)N(Cc3ccc(CNC(N)=O)cc3)[C@H](Cc3cccc(C(=N)N)c3)C(=O)NCC(=O)O)cc2[nH]1. The smallest absolute Gasteiger partial charge is 0.322 e. The van der Waals surface area contributed by atoms with Gasteiger partial charge in [0.2, 0.25) is 5.91 Å². The molecule has 3 aromatic carbocycles. The number of primary amides is 1.